The number of aliphatic carboxylic acids is 1. The molecule has 1 aromatic rings. The maximum absolute atomic E-state index is 12.0. The highest BCUT2D eigenvalue weighted by atomic mass is 32.1. The van der Waals surface area contributed by atoms with Gasteiger partial charge in [-0.25, -0.2) is 0 Å². The molecule has 104 valence electrons. The highest BCUT2D eigenvalue weighted by molar-refractivity contribution is 7.11. The van der Waals surface area contributed by atoms with E-state index in [4.69, 9.17) is 5.11 Å². The minimum absolute atomic E-state index is 0.00277. The molecule has 1 heterocycles. The lowest BCUT2D eigenvalue weighted by atomic mass is 9.81. The Hall–Kier alpha value is -1.36. The van der Waals surface area contributed by atoms with E-state index < -0.39 is 5.97 Å². The van der Waals surface area contributed by atoms with E-state index in [1.807, 2.05) is 19.1 Å². The molecule has 0 saturated heterocycles. The summed E-state index contributed by atoms with van der Waals surface area (Å²) in [5.74, 6) is -1.27. The number of carbonyl (C=O) groups is 2. The smallest absolute Gasteiger partial charge is 0.306 e. The van der Waals surface area contributed by atoms with E-state index in [1.165, 1.54) is 4.88 Å². The molecular weight excluding hydrogens is 262 g/mol. The maximum atomic E-state index is 12.0. The van der Waals surface area contributed by atoms with Crippen molar-refractivity contribution >= 4 is 23.2 Å². The Labute approximate surface area is 116 Å². The summed E-state index contributed by atoms with van der Waals surface area (Å²) in [4.78, 5) is 25.4. The molecule has 4 nitrogen and oxygen atoms in total. The first-order valence-electron chi connectivity index (χ1n) is 6.62. The number of nitrogens with one attached hydrogen (secondary N) is 1. The molecule has 1 fully saturated rings. The molecule has 19 heavy (non-hydrogen) atoms. The summed E-state index contributed by atoms with van der Waals surface area (Å²) in [6, 6.07) is 4.05. The Balaban J connectivity index is 1.84. The average Bonchev–Trinajstić information content (AvgIpc) is 2.82. The monoisotopic (exact) mass is 281 g/mol. The second-order valence-electron chi connectivity index (χ2n) is 5.13. The summed E-state index contributed by atoms with van der Waals surface area (Å²) >= 11 is 1.67. The highest BCUT2D eigenvalue weighted by Crippen LogP contribution is 2.29. The molecule has 0 aromatic carbocycles. The van der Waals surface area contributed by atoms with Crippen molar-refractivity contribution < 1.29 is 14.7 Å². The third-order valence-corrected chi connectivity index (χ3v) is 4.63. The van der Waals surface area contributed by atoms with Gasteiger partial charge in [-0.3, -0.25) is 9.59 Å². The highest BCUT2D eigenvalue weighted by Gasteiger charge is 2.30. The van der Waals surface area contributed by atoms with Crippen molar-refractivity contribution in [3.63, 3.8) is 0 Å². The summed E-state index contributed by atoms with van der Waals surface area (Å²) in [6.45, 7) is 2.58. The number of thiophene rings is 1. The van der Waals surface area contributed by atoms with Gasteiger partial charge in [0.1, 0.15) is 0 Å². The quantitative estimate of drug-likeness (QED) is 0.891. The Morgan fingerprint density at radius 3 is 2.74 bits per heavy atom. The van der Waals surface area contributed by atoms with Crippen molar-refractivity contribution in [3.8, 4) is 0 Å². The number of carboxylic acids is 1. The van der Waals surface area contributed by atoms with Gasteiger partial charge in [-0.05, 0) is 38.3 Å². The third kappa shape index (κ3) is 3.80. The lowest BCUT2D eigenvalue weighted by molar-refractivity contribution is -0.144. The molecule has 2 N–H and O–H groups in total. The summed E-state index contributed by atoms with van der Waals surface area (Å²) in [5.41, 5.74) is 0. The Morgan fingerprint density at radius 1 is 1.37 bits per heavy atom. The van der Waals surface area contributed by atoms with Crippen LogP contribution in [0.3, 0.4) is 0 Å². The normalized spacial score (nSPS) is 23.0. The molecule has 2 rings (SSSR count). The summed E-state index contributed by atoms with van der Waals surface area (Å²) in [5, 5.41) is 11.9. The lowest BCUT2D eigenvalue weighted by Gasteiger charge is -2.25. The SMILES string of the molecule is Cc1ccc(CNC(=O)C2CCCC(C(=O)O)C2)s1. The minimum Gasteiger partial charge on any atom is -0.481 e. The molecule has 1 aliphatic rings. The van der Waals surface area contributed by atoms with Crippen LogP contribution in [0, 0.1) is 18.8 Å². The number of hydrogen-bond acceptors (Lipinski definition) is 3. The van der Waals surface area contributed by atoms with Gasteiger partial charge in [0.2, 0.25) is 5.91 Å². The van der Waals surface area contributed by atoms with Gasteiger partial charge in [0.05, 0.1) is 12.5 Å². The van der Waals surface area contributed by atoms with E-state index in [-0.39, 0.29) is 17.7 Å². The van der Waals surface area contributed by atoms with E-state index in [1.54, 1.807) is 11.3 Å². The number of carboxylic acid groups (broad SMARTS) is 1. The van der Waals surface area contributed by atoms with Crippen molar-refractivity contribution in [2.75, 3.05) is 0 Å². The second-order valence-corrected chi connectivity index (χ2v) is 6.50. The average molecular weight is 281 g/mol. The summed E-state index contributed by atoms with van der Waals surface area (Å²) < 4.78 is 0. The summed E-state index contributed by atoms with van der Waals surface area (Å²) in [6.07, 6.45) is 2.81. The fourth-order valence-electron chi connectivity index (χ4n) is 2.55. The number of amides is 1. The third-order valence-electron chi connectivity index (χ3n) is 3.63. The van der Waals surface area contributed by atoms with Gasteiger partial charge >= 0.3 is 5.97 Å². The van der Waals surface area contributed by atoms with Gasteiger partial charge in [-0.15, -0.1) is 11.3 Å². The van der Waals surface area contributed by atoms with Gasteiger partial charge in [0.15, 0.2) is 0 Å². The maximum Gasteiger partial charge on any atom is 0.306 e. The van der Waals surface area contributed by atoms with Crippen LogP contribution in [-0.4, -0.2) is 17.0 Å². The van der Waals surface area contributed by atoms with Crippen molar-refractivity contribution in [2.45, 2.75) is 39.2 Å². The number of carbonyl (C=O) groups excluding carboxylic acids is 1. The zero-order valence-electron chi connectivity index (χ0n) is 11.0. The summed E-state index contributed by atoms with van der Waals surface area (Å²) in [7, 11) is 0. The molecule has 2 atom stereocenters. The molecule has 1 saturated carbocycles. The van der Waals surface area contributed by atoms with E-state index in [9.17, 15) is 9.59 Å². The first-order valence-corrected chi connectivity index (χ1v) is 7.43. The molecule has 1 amide bonds. The van der Waals surface area contributed by atoms with Crippen molar-refractivity contribution in [1.82, 2.24) is 5.32 Å². The number of aryl methyl sites for hydroxylation is 1. The minimum atomic E-state index is -0.772. The topological polar surface area (TPSA) is 66.4 Å². The van der Waals surface area contributed by atoms with Crippen LogP contribution < -0.4 is 5.32 Å². The standard InChI is InChI=1S/C14H19NO3S/c1-9-5-6-12(19-9)8-15-13(16)10-3-2-4-11(7-10)14(17)18/h5-6,10-11H,2-4,7-8H2,1H3,(H,15,16)(H,17,18). The lowest BCUT2D eigenvalue weighted by Crippen LogP contribution is -2.34. The first kappa shape index (κ1) is 14.1. The van der Waals surface area contributed by atoms with Crippen LogP contribution in [0.1, 0.15) is 35.4 Å². The van der Waals surface area contributed by atoms with Gasteiger partial charge in [0, 0.05) is 15.7 Å². The largest absolute Gasteiger partial charge is 0.481 e. The van der Waals surface area contributed by atoms with Crippen molar-refractivity contribution in [2.24, 2.45) is 11.8 Å². The van der Waals surface area contributed by atoms with Crippen molar-refractivity contribution in [3.05, 3.63) is 21.9 Å². The van der Waals surface area contributed by atoms with Crippen molar-refractivity contribution in [1.29, 1.82) is 0 Å². The Morgan fingerprint density at radius 2 is 2.11 bits per heavy atom. The molecule has 0 bridgehead atoms. The van der Waals surface area contributed by atoms with Gasteiger partial charge in [0.25, 0.3) is 0 Å². The molecule has 0 aliphatic heterocycles. The van der Waals surface area contributed by atoms with Crippen LogP contribution in [0.2, 0.25) is 0 Å². The van der Waals surface area contributed by atoms with Gasteiger partial charge < -0.3 is 10.4 Å². The van der Waals surface area contributed by atoms with E-state index in [0.717, 1.165) is 17.7 Å². The van der Waals surface area contributed by atoms with Crippen LogP contribution in [0.5, 0.6) is 0 Å². The second kappa shape index (κ2) is 6.19. The molecule has 1 aromatic heterocycles. The van der Waals surface area contributed by atoms with Crippen LogP contribution in [0.25, 0.3) is 0 Å². The molecular formula is C14H19NO3S. The van der Waals surface area contributed by atoms with Crippen LogP contribution >= 0.6 is 11.3 Å². The molecule has 2 unspecified atom stereocenters. The Kier molecular flexibility index (Phi) is 4.58. The molecule has 1 aliphatic carbocycles. The molecule has 0 spiro atoms. The Bertz CT molecular complexity index is 469. The van der Waals surface area contributed by atoms with E-state index in [2.05, 4.69) is 5.32 Å². The number of rotatable bonds is 4. The predicted octanol–water partition coefficient (Wildman–Crippen LogP) is 2.56. The first-order chi connectivity index (χ1) is 9.06. The van der Waals surface area contributed by atoms with Crippen LogP contribution in [-0.2, 0) is 16.1 Å². The van der Waals surface area contributed by atoms with Gasteiger partial charge in [-0.2, -0.15) is 0 Å². The predicted molar refractivity (Wildman–Crippen MR) is 74.0 cm³/mol. The fraction of sp³-hybridized carbons (Fsp3) is 0.571. The molecule has 5 heteroatoms. The van der Waals surface area contributed by atoms with Crippen LogP contribution in [0.15, 0.2) is 12.1 Å². The zero-order valence-corrected chi connectivity index (χ0v) is 11.8. The van der Waals surface area contributed by atoms with E-state index >= 15 is 0 Å². The van der Waals surface area contributed by atoms with Crippen LogP contribution in [0.4, 0.5) is 0 Å². The zero-order chi connectivity index (χ0) is 13.8. The number of hydrogen-bond donors (Lipinski definition) is 2. The van der Waals surface area contributed by atoms with E-state index in [0.29, 0.717) is 19.4 Å². The fourth-order valence-corrected chi connectivity index (χ4v) is 3.38. The van der Waals surface area contributed by atoms with Gasteiger partial charge in [-0.1, -0.05) is 6.42 Å². The molecule has 0 radical (unpaired) electrons.